The molecule has 1 unspecified atom stereocenters. The number of hydrogen-bond donors (Lipinski definition) is 1. The summed E-state index contributed by atoms with van der Waals surface area (Å²) >= 11 is 0. The van der Waals surface area contributed by atoms with Crippen molar-refractivity contribution >= 4 is 33.3 Å². The number of ether oxygens (including phenoxy) is 6. The number of esters is 3. The summed E-state index contributed by atoms with van der Waals surface area (Å²) in [6.45, 7) is 12.2. The van der Waals surface area contributed by atoms with E-state index >= 15 is 0 Å². The zero-order valence-electron chi connectivity index (χ0n) is 25.7. The Kier molecular flexibility index (Phi) is 8.90. The molecule has 0 radical (unpaired) electrons. The SMILES string of the molecule is CCN(C)[C@@H]1Cc2ccc(OC(=O)OC(C)(C)C)c3c2[C@@]2(C)[C@@H](O3)C(OC(=O)[C@H](C)OC(=O)[C@H](P)OC(C)=O)=CC[C@@]12O. The summed E-state index contributed by atoms with van der Waals surface area (Å²) in [5.74, 6) is -3.34. The van der Waals surface area contributed by atoms with Crippen LogP contribution < -0.4 is 9.47 Å². The molecule has 0 aromatic heterocycles. The van der Waals surface area contributed by atoms with Crippen LogP contribution >= 0.6 is 9.24 Å². The van der Waals surface area contributed by atoms with Crippen molar-refractivity contribution in [2.24, 2.45) is 0 Å². The lowest BCUT2D eigenvalue weighted by molar-refractivity contribution is -0.173. The van der Waals surface area contributed by atoms with Crippen molar-refractivity contribution in [3.8, 4) is 11.5 Å². The third kappa shape index (κ3) is 5.97. The fourth-order valence-corrected chi connectivity index (χ4v) is 6.31. The van der Waals surface area contributed by atoms with Crippen LogP contribution in [0.3, 0.4) is 0 Å². The van der Waals surface area contributed by atoms with E-state index in [-0.39, 0.29) is 29.7 Å². The molecule has 236 valence electrons. The maximum Gasteiger partial charge on any atom is 0.514 e. The topological polar surface area (TPSA) is 147 Å². The fraction of sp³-hybridized carbons (Fsp3) is 0.600. The molecule has 0 bridgehead atoms. The molecule has 1 aromatic carbocycles. The zero-order valence-corrected chi connectivity index (χ0v) is 26.9. The highest BCUT2D eigenvalue weighted by Gasteiger charge is 2.68. The predicted octanol–water partition coefficient (Wildman–Crippen LogP) is 3.15. The quantitative estimate of drug-likeness (QED) is 0.197. The average Bonchev–Trinajstić information content (AvgIpc) is 3.23. The maximum atomic E-state index is 13.1. The van der Waals surface area contributed by atoms with Gasteiger partial charge in [-0.25, -0.2) is 14.4 Å². The van der Waals surface area contributed by atoms with Crippen molar-refractivity contribution in [3.05, 3.63) is 35.1 Å². The molecule has 1 aliphatic heterocycles. The number of nitrogens with zero attached hydrogens (tertiary/aromatic N) is 1. The Morgan fingerprint density at radius 1 is 1.16 bits per heavy atom. The lowest BCUT2D eigenvalue weighted by atomic mass is 9.54. The van der Waals surface area contributed by atoms with E-state index in [2.05, 4.69) is 4.90 Å². The van der Waals surface area contributed by atoms with E-state index in [4.69, 9.17) is 28.4 Å². The van der Waals surface area contributed by atoms with Gasteiger partial charge >= 0.3 is 24.1 Å². The normalized spacial score (nSPS) is 26.7. The van der Waals surface area contributed by atoms with Gasteiger partial charge in [-0.2, -0.15) is 0 Å². The minimum absolute atomic E-state index is 0.109. The number of carbonyl (C=O) groups excluding carboxylic acids is 4. The van der Waals surface area contributed by atoms with Crippen molar-refractivity contribution in [2.45, 2.75) is 102 Å². The highest BCUT2D eigenvalue weighted by molar-refractivity contribution is 7.19. The Morgan fingerprint density at radius 3 is 2.44 bits per heavy atom. The van der Waals surface area contributed by atoms with Gasteiger partial charge in [-0.15, -0.1) is 0 Å². The first-order chi connectivity index (χ1) is 19.9. The van der Waals surface area contributed by atoms with Crippen LogP contribution in [0.1, 0.15) is 66.0 Å². The average molecular weight is 622 g/mol. The van der Waals surface area contributed by atoms with E-state index in [9.17, 15) is 24.3 Å². The summed E-state index contributed by atoms with van der Waals surface area (Å²) in [5, 5.41) is 12.4. The number of hydrogen-bond acceptors (Lipinski definition) is 12. The number of aliphatic hydroxyl groups is 1. The Labute approximate surface area is 253 Å². The van der Waals surface area contributed by atoms with Gasteiger partial charge in [-0.1, -0.05) is 22.2 Å². The molecular formula is C30H40NO11P. The maximum absolute atomic E-state index is 13.1. The van der Waals surface area contributed by atoms with Crippen molar-refractivity contribution in [3.63, 3.8) is 0 Å². The Morgan fingerprint density at radius 2 is 1.84 bits per heavy atom. The smallest absolute Gasteiger partial charge is 0.477 e. The minimum Gasteiger partial charge on any atom is -0.477 e. The summed E-state index contributed by atoms with van der Waals surface area (Å²) in [6, 6.07) is 3.17. The molecule has 2 aliphatic carbocycles. The van der Waals surface area contributed by atoms with Gasteiger partial charge in [0.05, 0.1) is 11.0 Å². The van der Waals surface area contributed by atoms with Crippen LogP contribution in [0.15, 0.2) is 24.0 Å². The third-order valence-electron chi connectivity index (χ3n) is 8.21. The predicted molar refractivity (Wildman–Crippen MR) is 155 cm³/mol. The van der Waals surface area contributed by atoms with E-state index in [1.165, 1.54) is 6.92 Å². The van der Waals surface area contributed by atoms with Crippen LogP contribution in [-0.2, 0) is 45.2 Å². The van der Waals surface area contributed by atoms with Crippen LogP contribution in [0.4, 0.5) is 4.79 Å². The summed E-state index contributed by atoms with van der Waals surface area (Å²) < 4.78 is 33.0. The molecule has 43 heavy (non-hydrogen) atoms. The van der Waals surface area contributed by atoms with Gasteiger partial charge in [0, 0.05) is 24.9 Å². The molecule has 7 atom stereocenters. The van der Waals surface area contributed by atoms with Crippen LogP contribution in [0.25, 0.3) is 0 Å². The van der Waals surface area contributed by atoms with Gasteiger partial charge in [0.1, 0.15) is 11.4 Å². The Balaban J connectivity index is 1.68. The van der Waals surface area contributed by atoms with Crippen LogP contribution in [0, 0.1) is 0 Å². The van der Waals surface area contributed by atoms with Gasteiger partial charge in [-0.05, 0) is 72.3 Å². The highest BCUT2D eigenvalue weighted by Crippen LogP contribution is 2.62. The lowest BCUT2D eigenvalue weighted by Crippen LogP contribution is -2.69. The van der Waals surface area contributed by atoms with Crippen LogP contribution in [0.2, 0.25) is 0 Å². The second-order valence-electron chi connectivity index (χ2n) is 12.3. The fourth-order valence-electron chi connectivity index (χ4n) is 6.04. The van der Waals surface area contributed by atoms with Gasteiger partial charge in [-0.3, -0.25) is 4.79 Å². The van der Waals surface area contributed by atoms with Crippen LogP contribution in [0.5, 0.6) is 11.5 Å². The van der Waals surface area contributed by atoms with E-state index in [1.807, 2.05) is 36.2 Å². The first-order valence-electron chi connectivity index (χ1n) is 14.1. The molecule has 0 fully saturated rings. The van der Waals surface area contributed by atoms with Crippen molar-refractivity contribution < 1.29 is 52.7 Å². The van der Waals surface area contributed by atoms with E-state index in [1.54, 1.807) is 32.9 Å². The second kappa shape index (κ2) is 11.7. The number of rotatable bonds is 8. The van der Waals surface area contributed by atoms with Crippen molar-refractivity contribution in [1.82, 2.24) is 4.90 Å². The largest absolute Gasteiger partial charge is 0.514 e. The number of benzene rings is 1. The summed E-state index contributed by atoms with van der Waals surface area (Å²) in [4.78, 5) is 51.2. The summed E-state index contributed by atoms with van der Waals surface area (Å²) in [5.41, 5.74) is -1.70. The lowest BCUT2D eigenvalue weighted by Gasteiger charge is -2.56. The first kappa shape index (κ1) is 32.7. The number of likely N-dealkylation sites (N-methyl/N-ethyl adjacent to an activating group) is 1. The zero-order chi connectivity index (χ0) is 32.1. The standard InChI is InChI=1S/C30H40NO11P/c1-9-31(8)20-14-17-10-11-18(40-27(35)42-28(4,5)6)22-21(17)29(7)23(41-22)19(12-13-30(20,29)36)39-24(33)15(2)37-25(34)26(43)38-16(3)32/h10-12,15,20,23,26,36H,9,13-14,43H2,1-8H3/t15-,20+,23-,26-,29-,30+/m0/s1. The molecule has 1 aromatic rings. The summed E-state index contributed by atoms with van der Waals surface area (Å²) in [6.07, 6.45) is -1.00. The monoisotopic (exact) mass is 621 g/mol. The second-order valence-corrected chi connectivity index (χ2v) is 12.9. The molecule has 1 heterocycles. The molecule has 3 aliphatic rings. The van der Waals surface area contributed by atoms with Gasteiger partial charge in [0.2, 0.25) is 5.85 Å². The van der Waals surface area contributed by atoms with Crippen molar-refractivity contribution in [2.75, 3.05) is 13.6 Å². The van der Waals surface area contributed by atoms with E-state index in [0.29, 0.717) is 18.5 Å². The van der Waals surface area contributed by atoms with E-state index < -0.39 is 58.7 Å². The Bertz CT molecular complexity index is 1350. The molecule has 4 rings (SSSR count). The molecule has 0 amide bonds. The summed E-state index contributed by atoms with van der Waals surface area (Å²) in [7, 11) is 3.96. The molecule has 0 saturated heterocycles. The van der Waals surface area contributed by atoms with Gasteiger partial charge in [0.25, 0.3) is 0 Å². The number of carbonyl (C=O) groups is 4. The molecule has 0 saturated carbocycles. The minimum atomic E-state index is -1.35. The third-order valence-corrected chi connectivity index (χ3v) is 8.61. The molecular weight excluding hydrogens is 581 g/mol. The Hall–Kier alpha value is -3.21. The molecule has 0 spiro atoms. The molecule has 1 N–H and O–H groups in total. The molecule has 13 heteroatoms. The van der Waals surface area contributed by atoms with Crippen molar-refractivity contribution in [1.29, 1.82) is 0 Å². The van der Waals surface area contributed by atoms with E-state index in [0.717, 1.165) is 12.5 Å². The van der Waals surface area contributed by atoms with Gasteiger partial charge < -0.3 is 38.4 Å². The first-order valence-corrected chi connectivity index (χ1v) is 14.8. The molecule has 12 nitrogen and oxygen atoms in total. The van der Waals surface area contributed by atoms with Gasteiger partial charge in [0.15, 0.2) is 23.7 Å². The highest BCUT2D eigenvalue weighted by atomic mass is 31.0. The van der Waals surface area contributed by atoms with Crippen LogP contribution in [-0.4, -0.2) is 83.0 Å².